The van der Waals surface area contributed by atoms with Gasteiger partial charge in [0.2, 0.25) is 0 Å². The lowest BCUT2D eigenvalue weighted by Crippen LogP contribution is -2.30. The normalized spacial score (nSPS) is 12.8. The van der Waals surface area contributed by atoms with Crippen LogP contribution in [-0.2, 0) is 28.6 Å². The lowest BCUT2D eigenvalue weighted by molar-refractivity contribution is -0.167. The highest BCUT2D eigenvalue weighted by Crippen LogP contribution is 2.13. The first kappa shape index (κ1) is 53.6. The fourth-order valence-electron chi connectivity index (χ4n) is 5.95. The first-order chi connectivity index (χ1) is 28.0. The van der Waals surface area contributed by atoms with Gasteiger partial charge in [0.25, 0.3) is 0 Å². The first-order valence-corrected chi connectivity index (χ1v) is 23.2. The van der Waals surface area contributed by atoms with E-state index in [2.05, 4.69) is 69.4 Å². The maximum atomic E-state index is 12.7. The summed E-state index contributed by atoms with van der Waals surface area (Å²) in [4.78, 5) is 37.7. The number of ether oxygens (including phenoxy) is 3. The van der Waals surface area contributed by atoms with Crippen molar-refractivity contribution in [2.24, 2.45) is 0 Å². The molecule has 0 aromatic carbocycles. The number of esters is 3. The van der Waals surface area contributed by atoms with Crippen LogP contribution in [0.4, 0.5) is 0 Å². The van der Waals surface area contributed by atoms with E-state index in [9.17, 15) is 14.4 Å². The number of carbonyl (C=O) groups excluding carboxylic acids is 3. The van der Waals surface area contributed by atoms with Crippen LogP contribution in [0.1, 0.15) is 201 Å². The van der Waals surface area contributed by atoms with Gasteiger partial charge in [-0.25, -0.2) is 0 Å². The highest BCUT2D eigenvalue weighted by molar-refractivity contribution is 5.71. The number of hydrogen-bond acceptors (Lipinski definition) is 6. The predicted octanol–water partition coefficient (Wildman–Crippen LogP) is 14.9. The fourth-order valence-corrected chi connectivity index (χ4v) is 5.95. The Bertz CT molecular complexity index is 1140. The van der Waals surface area contributed by atoms with Crippen molar-refractivity contribution < 1.29 is 28.6 Å². The van der Waals surface area contributed by atoms with Gasteiger partial charge >= 0.3 is 17.9 Å². The van der Waals surface area contributed by atoms with Gasteiger partial charge in [-0.3, -0.25) is 14.4 Å². The molecule has 0 rings (SSSR count). The Morgan fingerprint density at radius 1 is 0.368 bits per heavy atom. The minimum atomic E-state index is -0.807. The summed E-state index contributed by atoms with van der Waals surface area (Å²) >= 11 is 0. The van der Waals surface area contributed by atoms with Crippen LogP contribution in [0.5, 0.6) is 0 Å². The Balaban J connectivity index is 4.48. The molecule has 0 heterocycles. The summed E-state index contributed by atoms with van der Waals surface area (Å²) in [7, 11) is 0. The fraction of sp³-hybridized carbons (Fsp3) is 0.667. The molecule has 0 bridgehead atoms. The molecule has 0 spiro atoms. The van der Waals surface area contributed by atoms with E-state index < -0.39 is 6.10 Å². The Labute approximate surface area is 350 Å². The zero-order valence-corrected chi connectivity index (χ0v) is 36.8. The number of hydrogen-bond donors (Lipinski definition) is 0. The lowest BCUT2D eigenvalue weighted by atomic mass is 10.1. The van der Waals surface area contributed by atoms with Crippen molar-refractivity contribution in [1.29, 1.82) is 0 Å². The third-order valence-electron chi connectivity index (χ3n) is 9.48. The van der Waals surface area contributed by atoms with Crippen LogP contribution in [0.2, 0.25) is 0 Å². The van der Waals surface area contributed by atoms with Crippen molar-refractivity contribution in [3.8, 4) is 0 Å². The lowest BCUT2D eigenvalue weighted by Gasteiger charge is -2.18. The van der Waals surface area contributed by atoms with E-state index in [-0.39, 0.29) is 37.5 Å². The van der Waals surface area contributed by atoms with Gasteiger partial charge in [0.05, 0.1) is 0 Å². The molecular weight excluding hydrogens is 709 g/mol. The van der Waals surface area contributed by atoms with E-state index in [0.29, 0.717) is 19.3 Å². The average Bonchev–Trinajstić information content (AvgIpc) is 3.21. The molecule has 6 heteroatoms. The van der Waals surface area contributed by atoms with Crippen molar-refractivity contribution in [2.75, 3.05) is 13.2 Å². The quantitative estimate of drug-likeness (QED) is 0.0202. The van der Waals surface area contributed by atoms with E-state index in [1.54, 1.807) is 0 Å². The van der Waals surface area contributed by atoms with E-state index in [1.807, 2.05) is 36.5 Å². The standard InChI is InChI=1S/C51H84O6/c1-4-7-10-13-16-19-22-24-25-27-29-32-35-38-41-44-50(53)56-47-48(46-55-49(52)43-40-37-34-31-28-21-18-15-12-9-6-3)57-51(54)45-42-39-36-33-30-26-23-20-17-14-11-8-5-2/h8,11,14-15,17-23,26,28,30,48H,4-7,9-10,12-13,16,24-25,27,29,31-47H2,1-3H3/b11-8-,17-14-,18-15-,22-19-,23-20-,28-21-,30-26-. The Morgan fingerprint density at radius 2 is 0.719 bits per heavy atom. The Kier molecular flexibility index (Phi) is 42.6. The van der Waals surface area contributed by atoms with Crippen LogP contribution < -0.4 is 0 Å². The summed E-state index contributed by atoms with van der Waals surface area (Å²) in [6, 6.07) is 0. The molecule has 0 fully saturated rings. The highest BCUT2D eigenvalue weighted by Gasteiger charge is 2.19. The first-order valence-electron chi connectivity index (χ1n) is 23.2. The van der Waals surface area contributed by atoms with E-state index in [4.69, 9.17) is 14.2 Å². The van der Waals surface area contributed by atoms with Gasteiger partial charge < -0.3 is 14.2 Å². The molecule has 0 aromatic heterocycles. The molecule has 0 saturated carbocycles. The zero-order valence-electron chi connectivity index (χ0n) is 36.8. The second-order valence-electron chi connectivity index (χ2n) is 15.0. The summed E-state index contributed by atoms with van der Waals surface area (Å²) in [5, 5.41) is 0. The SMILES string of the molecule is CC\C=C/C=C\C=C/C=C\CCCCCC(=O)OC(COC(=O)CCCCC/C=C\C=C/CCCC)COC(=O)CCCCCCCCC/C=C\CCCCCC. The molecule has 0 N–H and O–H groups in total. The summed E-state index contributed by atoms with van der Waals surface area (Å²) in [5.74, 6) is -0.985. The van der Waals surface area contributed by atoms with Gasteiger partial charge in [-0.15, -0.1) is 0 Å². The molecule has 0 aliphatic rings. The molecule has 0 amide bonds. The third kappa shape index (κ3) is 43.6. The number of unbranched alkanes of at least 4 members (excludes halogenated alkanes) is 19. The Hall–Kier alpha value is -3.41. The second kappa shape index (κ2) is 45.3. The highest BCUT2D eigenvalue weighted by atomic mass is 16.6. The summed E-state index contributed by atoms with van der Waals surface area (Å²) in [6.07, 6.45) is 57.1. The molecule has 0 saturated heterocycles. The molecular formula is C51H84O6. The smallest absolute Gasteiger partial charge is 0.306 e. The zero-order chi connectivity index (χ0) is 41.5. The van der Waals surface area contributed by atoms with Crippen LogP contribution >= 0.6 is 0 Å². The molecule has 324 valence electrons. The molecule has 1 atom stereocenters. The van der Waals surface area contributed by atoms with E-state index >= 15 is 0 Å². The van der Waals surface area contributed by atoms with Crippen LogP contribution in [0.15, 0.2) is 85.1 Å². The van der Waals surface area contributed by atoms with Gasteiger partial charge in [-0.05, 0) is 83.5 Å². The van der Waals surface area contributed by atoms with Crippen molar-refractivity contribution in [3.63, 3.8) is 0 Å². The van der Waals surface area contributed by atoms with Crippen molar-refractivity contribution >= 4 is 17.9 Å². The van der Waals surface area contributed by atoms with Crippen LogP contribution in [0, 0.1) is 0 Å². The summed E-state index contributed by atoms with van der Waals surface area (Å²) in [5.41, 5.74) is 0. The predicted molar refractivity (Wildman–Crippen MR) is 242 cm³/mol. The molecule has 0 aliphatic carbocycles. The van der Waals surface area contributed by atoms with Gasteiger partial charge in [-0.2, -0.15) is 0 Å². The maximum Gasteiger partial charge on any atom is 0.306 e. The van der Waals surface area contributed by atoms with E-state index in [1.165, 1.54) is 77.0 Å². The molecule has 0 aliphatic heterocycles. The van der Waals surface area contributed by atoms with Crippen LogP contribution in [0.25, 0.3) is 0 Å². The average molecular weight is 793 g/mol. The van der Waals surface area contributed by atoms with Gasteiger partial charge in [0.1, 0.15) is 13.2 Å². The molecule has 1 unspecified atom stereocenters. The van der Waals surface area contributed by atoms with Crippen LogP contribution in [-0.4, -0.2) is 37.2 Å². The number of allylic oxidation sites excluding steroid dienone is 14. The van der Waals surface area contributed by atoms with Crippen molar-refractivity contribution in [3.05, 3.63) is 85.1 Å². The van der Waals surface area contributed by atoms with Crippen LogP contribution in [0.3, 0.4) is 0 Å². The molecule has 6 nitrogen and oxygen atoms in total. The largest absolute Gasteiger partial charge is 0.462 e. The van der Waals surface area contributed by atoms with Gasteiger partial charge in [0, 0.05) is 19.3 Å². The molecule has 0 radical (unpaired) electrons. The topological polar surface area (TPSA) is 78.9 Å². The minimum absolute atomic E-state index is 0.105. The molecule has 0 aromatic rings. The van der Waals surface area contributed by atoms with E-state index in [0.717, 1.165) is 77.0 Å². The monoisotopic (exact) mass is 793 g/mol. The maximum absolute atomic E-state index is 12.7. The second-order valence-corrected chi connectivity index (χ2v) is 15.0. The summed E-state index contributed by atoms with van der Waals surface area (Å²) < 4.78 is 16.6. The summed E-state index contributed by atoms with van der Waals surface area (Å²) in [6.45, 7) is 6.35. The van der Waals surface area contributed by atoms with Gasteiger partial charge in [0.15, 0.2) is 6.10 Å². The molecule has 57 heavy (non-hydrogen) atoms. The third-order valence-corrected chi connectivity index (χ3v) is 9.48. The van der Waals surface area contributed by atoms with Crippen molar-refractivity contribution in [2.45, 2.75) is 207 Å². The number of rotatable bonds is 40. The van der Waals surface area contributed by atoms with Crippen molar-refractivity contribution in [1.82, 2.24) is 0 Å². The minimum Gasteiger partial charge on any atom is -0.462 e. The van der Waals surface area contributed by atoms with Gasteiger partial charge in [-0.1, -0.05) is 183 Å². The Morgan fingerprint density at radius 3 is 1.21 bits per heavy atom. The number of carbonyl (C=O) groups is 3.